The predicted molar refractivity (Wildman–Crippen MR) is 83.4 cm³/mol. The Balaban J connectivity index is 1.72. The number of rotatable bonds is 6. The molecule has 2 aromatic carbocycles. The standard InChI is InChI=1S/C16H14ClNOS/c17-14-6-8-15(9-7-14)20-11-3-10-19-16-5-2-1-4-13(16)12-18/h1-2,4-9H,3,10-11H2. The molecule has 0 aromatic heterocycles. The Kier molecular flexibility index (Phi) is 5.79. The van der Waals surface area contributed by atoms with Gasteiger partial charge in [-0.3, -0.25) is 0 Å². The van der Waals surface area contributed by atoms with Crippen molar-refractivity contribution in [1.82, 2.24) is 0 Å². The van der Waals surface area contributed by atoms with Crippen LogP contribution in [-0.4, -0.2) is 12.4 Å². The number of ether oxygens (including phenoxy) is 1. The minimum atomic E-state index is 0.581. The molecule has 102 valence electrons. The van der Waals surface area contributed by atoms with Crippen LogP contribution in [0.15, 0.2) is 53.4 Å². The molecule has 0 spiro atoms. The lowest BCUT2D eigenvalue weighted by Crippen LogP contribution is -2.00. The van der Waals surface area contributed by atoms with E-state index in [1.54, 1.807) is 17.8 Å². The second-order valence-corrected chi connectivity index (χ2v) is 5.72. The molecule has 4 heteroatoms. The maximum atomic E-state index is 8.95. The van der Waals surface area contributed by atoms with Crippen molar-refractivity contribution in [3.63, 3.8) is 0 Å². The van der Waals surface area contributed by atoms with E-state index in [0.717, 1.165) is 17.2 Å². The summed E-state index contributed by atoms with van der Waals surface area (Å²) in [6, 6.07) is 17.2. The molecule has 20 heavy (non-hydrogen) atoms. The summed E-state index contributed by atoms with van der Waals surface area (Å²) in [5.41, 5.74) is 0.581. The Morgan fingerprint density at radius 2 is 1.85 bits per heavy atom. The number of nitriles is 1. The first-order valence-electron chi connectivity index (χ1n) is 6.30. The highest BCUT2D eigenvalue weighted by atomic mass is 35.5. The summed E-state index contributed by atoms with van der Waals surface area (Å²) < 4.78 is 5.63. The molecule has 2 nitrogen and oxygen atoms in total. The van der Waals surface area contributed by atoms with Crippen molar-refractivity contribution in [2.75, 3.05) is 12.4 Å². The van der Waals surface area contributed by atoms with Crippen LogP contribution in [0.5, 0.6) is 5.75 Å². The highest BCUT2D eigenvalue weighted by Gasteiger charge is 2.01. The van der Waals surface area contributed by atoms with Crippen LogP contribution in [0.2, 0.25) is 5.02 Å². The molecule has 0 bridgehead atoms. The van der Waals surface area contributed by atoms with E-state index in [-0.39, 0.29) is 0 Å². The second kappa shape index (κ2) is 7.84. The fourth-order valence-corrected chi connectivity index (χ4v) is 2.60. The van der Waals surface area contributed by atoms with Crippen LogP contribution >= 0.6 is 23.4 Å². The Bertz CT molecular complexity index is 592. The molecular weight excluding hydrogens is 290 g/mol. The van der Waals surface area contributed by atoms with Crippen molar-refractivity contribution < 1.29 is 4.74 Å². The zero-order chi connectivity index (χ0) is 14.2. The van der Waals surface area contributed by atoms with Crippen LogP contribution in [0.3, 0.4) is 0 Å². The van der Waals surface area contributed by atoms with E-state index in [0.29, 0.717) is 17.9 Å². The highest BCUT2D eigenvalue weighted by molar-refractivity contribution is 7.99. The zero-order valence-electron chi connectivity index (χ0n) is 10.9. The van der Waals surface area contributed by atoms with Crippen molar-refractivity contribution >= 4 is 23.4 Å². The largest absolute Gasteiger partial charge is 0.492 e. The quantitative estimate of drug-likeness (QED) is 0.569. The summed E-state index contributed by atoms with van der Waals surface area (Å²) >= 11 is 7.61. The third kappa shape index (κ3) is 4.48. The van der Waals surface area contributed by atoms with Crippen LogP contribution in [-0.2, 0) is 0 Å². The van der Waals surface area contributed by atoms with Crippen LogP contribution in [0.25, 0.3) is 0 Å². The molecule has 0 aliphatic rings. The topological polar surface area (TPSA) is 33.0 Å². The molecule has 0 aliphatic carbocycles. The smallest absolute Gasteiger partial charge is 0.137 e. The number of benzene rings is 2. The van der Waals surface area contributed by atoms with Crippen molar-refractivity contribution in [3.05, 3.63) is 59.1 Å². The number of halogens is 1. The van der Waals surface area contributed by atoms with E-state index < -0.39 is 0 Å². The molecule has 0 radical (unpaired) electrons. The van der Waals surface area contributed by atoms with E-state index in [2.05, 4.69) is 6.07 Å². The molecule has 0 saturated heterocycles. The van der Waals surface area contributed by atoms with Gasteiger partial charge in [0.25, 0.3) is 0 Å². The molecule has 0 unspecified atom stereocenters. The zero-order valence-corrected chi connectivity index (χ0v) is 12.5. The van der Waals surface area contributed by atoms with Gasteiger partial charge in [0.2, 0.25) is 0 Å². The van der Waals surface area contributed by atoms with Crippen molar-refractivity contribution in [3.8, 4) is 11.8 Å². The third-order valence-electron chi connectivity index (χ3n) is 2.64. The van der Waals surface area contributed by atoms with Gasteiger partial charge in [0, 0.05) is 15.7 Å². The lowest BCUT2D eigenvalue weighted by Gasteiger charge is -2.07. The summed E-state index contributed by atoms with van der Waals surface area (Å²) in [7, 11) is 0. The summed E-state index contributed by atoms with van der Waals surface area (Å²) in [5.74, 6) is 1.63. The average Bonchev–Trinajstić information content (AvgIpc) is 2.49. The van der Waals surface area contributed by atoms with Crippen LogP contribution in [0, 0.1) is 11.3 Å². The van der Waals surface area contributed by atoms with Crippen molar-refractivity contribution in [1.29, 1.82) is 5.26 Å². The van der Waals surface area contributed by atoms with Gasteiger partial charge in [0.1, 0.15) is 11.8 Å². The van der Waals surface area contributed by atoms with Crippen LogP contribution in [0.1, 0.15) is 12.0 Å². The number of thioether (sulfide) groups is 1. The van der Waals surface area contributed by atoms with Gasteiger partial charge >= 0.3 is 0 Å². The van der Waals surface area contributed by atoms with Gasteiger partial charge in [-0.25, -0.2) is 0 Å². The monoisotopic (exact) mass is 303 g/mol. The van der Waals surface area contributed by atoms with E-state index >= 15 is 0 Å². The molecular formula is C16H14ClNOS. The van der Waals surface area contributed by atoms with Gasteiger partial charge in [-0.1, -0.05) is 23.7 Å². The van der Waals surface area contributed by atoms with Crippen molar-refractivity contribution in [2.45, 2.75) is 11.3 Å². The summed E-state index contributed by atoms with van der Waals surface area (Å²) in [6.45, 7) is 0.610. The van der Waals surface area contributed by atoms with E-state index in [1.807, 2.05) is 42.5 Å². The van der Waals surface area contributed by atoms with E-state index in [1.165, 1.54) is 4.90 Å². The molecule has 0 fully saturated rings. The van der Waals surface area contributed by atoms with E-state index in [4.69, 9.17) is 21.6 Å². The molecule has 2 aromatic rings. The fraction of sp³-hybridized carbons (Fsp3) is 0.188. The van der Waals surface area contributed by atoms with Gasteiger partial charge in [-0.15, -0.1) is 11.8 Å². The summed E-state index contributed by atoms with van der Waals surface area (Å²) in [5, 5.41) is 9.70. The third-order valence-corrected chi connectivity index (χ3v) is 3.99. The molecule has 0 aliphatic heterocycles. The first kappa shape index (κ1) is 14.8. The summed E-state index contributed by atoms with van der Waals surface area (Å²) in [4.78, 5) is 1.20. The normalized spacial score (nSPS) is 10.0. The second-order valence-electron chi connectivity index (χ2n) is 4.11. The number of nitrogens with zero attached hydrogens (tertiary/aromatic N) is 1. The molecule has 0 amide bonds. The lowest BCUT2D eigenvalue weighted by atomic mass is 10.2. The first-order chi connectivity index (χ1) is 9.79. The number of hydrogen-bond acceptors (Lipinski definition) is 3. The Morgan fingerprint density at radius 1 is 1.10 bits per heavy atom. The first-order valence-corrected chi connectivity index (χ1v) is 7.66. The molecule has 2 rings (SSSR count). The highest BCUT2D eigenvalue weighted by Crippen LogP contribution is 2.21. The average molecular weight is 304 g/mol. The van der Waals surface area contributed by atoms with Crippen LogP contribution < -0.4 is 4.74 Å². The maximum Gasteiger partial charge on any atom is 0.137 e. The minimum absolute atomic E-state index is 0.581. The van der Waals surface area contributed by atoms with Gasteiger partial charge in [-0.05, 0) is 42.8 Å². The fourth-order valence-electron chi connectivity index (χ4n) is 1.65. The van der Waals surface area contributed by atoms with Crippen molar-refractivity contribution in [2.24, 2.45) is 0 Å². The molecule has 0 N–H and O–H groups in total. The van der Waals surface area contributed by atoms with Gasteiger partial charge < -0.3 is 4.74 Å². The number of hydrogen-bond donors (Lipinski definition) is 0. The van der Waals surface area contributed by atoms with Gasteiger partial charge in [0.05, 0.1) is 12.2 Å². The Labute approximate surface area is 128 Å². The predicted octanol–water partition coefficient (Wildman–Crippen LogP) is 4.77. The summed E-state index contributed by atoms with van der Waals surface area (Å²) in [6.07, 6.45) is 0.924. The van der Waals surface area contributed by atoms with Crippen LogP contribution in [0.4, 0.5) is 0 Å². The number of para-hydroxylation sites is 1. The molecule has 0 atom stereocenters. The van der Waals surface area contributed by atoms with Gasteiger partial charge in [0.15, 0.2) is 0 Å². The minimum Gasteiger partial charge on any atom is -0.492 e. The SMILES string of the molecule is N#Cc1ccccc1OCCCSc1ccc(Cl)cc1. The lowest BCUT2D eigenvalue weighted by molar-refractivity contribution is 0.318. The Morgan fingerprint density at radius 3 is 2.60 bits per heavy atom. The van der Waals surface area contributed by atoms with Gasteiger partial charge in [-0.2, -0.15) is 5.26 Å². The maximum absolute atomic E-state index is 8.95. The Hall–Kier alpha value is -1.63. The molecule has 0 saturated carbocycles. The molecule has 0 heterocycles. The van der Waals surface area contributed by atoms with E-state index in [9.17, 15) is 0 Å².